The number of carboxylic acids is 1. The number of aromatic carboxylic acids is 1. The molecule has 0 fully saturated rings. The van der Waals surface area contributed by atoms with Gasteiger partial charge in [0.05, 0.1) is 0 Å². The van der Waals surface area contributed by atoms with Gasteiger partial charge in [-0.25, -0.2) is 14.6 Å². The van der Waals surface area contributed by atoms with E-state index in [0.717, 1.165) is 16.5 Å². The molecule has 1 aromatic carbocycles. The molecule has 0 radical (unpaired) electrons. The predicted molar refractivity (Wildman–Crippen MR) is 134 cm³/mol. The molecule has 10 heteroatoms. The van der Waals surface area contributed by atoms with Crippen LogP contribution in [0.4, 0.5) is 4.79 Å². The predicted octanol–water partition coefficient (Wildman–Crippen LogP) is 4.50. The van der Waals surface area contributed by atoms with Crippen molar-refractivity contribution in [2.45, 2.75) is 72.1 Å². The number of fused-ring (bicyclic) bond motifs is 1. The second-order valence-electron chi connectivity index (χ2n) is 10.2. The number of hydrogen-bond donors (Lipinski definition) is 4. The van der Waals surface area contributed by atoms with Crippen molar-refractivity contribution < 1.29 is 28.6 Å². The normalized spacial score (nSPS) is 13.4. The molecule has 0 spiro atoms. The van der Waals surface area contributed by atoms with Crippen LogP contribution in [0.3, 0.4) is 0 Å². The van der Waals surface area contributed by atoms with Gasteiger partial charge in [0.1, 0.15) is 23.4 Å². The SMILES string of the molecule is Cc1oc([C@@H](Cc2c[nH]c3ccccc23)NC(=O)C(CC(C)C)NC(=O)OC(C)(C)C)nc1C(=O)O. The molecule has 0 aliphatic carbocycles. The summed E-state index contributed by atoms with van der Waals surface area (Å²) in [4.78, 5) is 44.7. The summed E-state index contributed by atoms with van der Waals surface area (Å²) < 4.78 is 11.0. The van der Waals surface area contributed by atoms with E-state index in [-0.39, 0.29) is 29.7 Å². The van der Waals surface area contributed by atoms with Crippen LogP contribution in [0, 0.1) is 12.8 Å². The van der Waals surface area contributed by atoms with Crippen molar-refractivity contribution in [2.24, 2.45) is 5.92 Å². The summed E-state index contributed by atoms with van der Waals surface area (Å²) >= 11 is 0. The van der Waals surface area contributed by atoms with Gasteiger partial charge >= 0.3 is 12.1 Å². The van der Waals surface area contributed by atoms with Crippen molar-refractivity contribution in [2.75, 3.05) is 0 Å². The number of nitrogens with one attached hydrogen (secondary N) is 3. The van der Waals surface area contributed by atoms with Crippen LogP contribution in [-0.4, -0.2) is 44.7 Å². The Balaban J connectivity index is 1.91. The zero-order valence-electron chi connectivity index (χ0n) is 21.5. The Labute approximate surface area is 209 Å². The number of hydrogen-bond acceptors (Lipinski definition) is 6. The quantitative estimate of drug-likeness (QED) is 0.340. The molecule has 0 saturated carbocycles. The minimum atomic E-state index is -1.22. The van der Waals surface area contributed by atoms with Crippen LogP contribution in [-0.2, 0) is 16.0 Å². The number of aromatic nitrogens is 2. The number of carboxylic acid groups (broad SMARTS) is 1. The number of para-hydroxylation sites is 1. The molecular weight excluding hydrogens is 464 g/mol. The first-order chi connectivity index (χ1) is 16.8. The molecule has 3 rings (SSSR count). The van der Waals surface area contributed by atoms with E-state index in [1.54, 1.807) is 20.8 Å². The summed E-state index contributed by atoms with van der Waals surface area (Å²) in [5, 5.41) is 16.0. The number of aryl methyl sites for hydroxylation is 1. The summed E-state index contributed by atoms with van der Waals surface area (Å²) in [7, 11) is 0. The van der Waals surface area contributed by atoms with Gasteiger partial charge in [-0.05, 0) is 51.7 Å². The maximum Gasteiger partial charge on any atom is 0.408 e. The van der Waals surface area contributed by atoms with Crippen LogP contribution < -0.4 is 10.6 Å². The Morgan fingerprint density at radius 1 is 1.17 bits per heavy atom. The van der Waals surface area contributed by atoms with Gasteiger partial charge in [-0.3, -0.25) is 4.79 Å². The largest absolute Gasteiger partial charge is 0.476 e. The van der Waals surface area contributed by atoms with Crippen molar-refractivity contribution in [3.8, 4) is 0 Å². The topological polar surface area (TPSA) is 147 Å². The Morgan fingerprint density at radius 2 is 1.86 bits per heavy atom. The summed E-state index contributed by atoms with van der Waals surface area (Å²) in [5.74, 6) is -1.35. The highest BCUT2D eigenvalue weighted by molar-refractivity contribution is 5.87. The molecule has 2 aromatic heterocycles. The summed E-state index contributed by atoms with van der Waals surface area (Å²) in [6, 6.07) is 6.06. The first-order valence-corrected chi connectivity index (χ1v) is 11.9. The van der Waals surface area contributed by atoms with Crippen molar-refractivity contribution in [1.82, 2.24) is 20.6 Å². The van der Waals surface area contributed by atoms with Crippen LogP contribution in [0.5, 0.6) is 0 Å². The average Bonchev–Trinajstić information content (AvgIpc) is 3.34. The minimum Gasteiger partial charge on any atom is -0.476 e. The fourth-order valence-corrected chi connectivity index (χ4v) is 3.91. The van der Waals surface area contributed by atoms with Gasteiger partial charge in [-0.2, -0.15) is 0 Å². The Morgan fingerprint density at radius 3 is 2.47 bits per heavy atom. The van der Waals surface area contributed by atoms with Gasteiger partial charge in [0.25, 0.3) is 0 Å². The standard InChI is InChI=1S/C26H34N4O6/c1-14(2)11-19(29-25(34)36-26(4,5)6)22(31)28-20(23-30-21(24(32)33)15(3)35-23)12-16-13-27-18-10-8-7-9-17(16)18/h7-10,13-14,19-20,27H,11-12H2,1-6H3,(H,28,31)(H,29,34)(H,32,33)/t19?,20-/m1/s1. The number of nitrogens with zero attached hydrogens (tertiary/aromatic N) is 1. The maximum absolute atomic E-state index is 13.4. The number of benzene rings is 1. The van der Waals surface area contributed by atoms with E-state index >= 15 is 0 Å². The fourth-order valence-electron chi connectivity index (χ4n) is 3.91. The Kier molecular flexibility index (Phi) is 8.07. The smallest absolute Gasteiger partial charge is 0.408 e. The number of oxazole rings is 1. The molecule has 0 aliphatic rings. The summed E-state index contributed by atoms with van der Waals surface area (Å²) in [5.41, 5.74) is 0.888. The van der Waals surface area contributed by atoms with Crippen molar-refractivity contribution in [1.29, 1.82) is 0 Å². The molecule has 36 heavy (non-hydrogen) atoms. The molecule has 1 unspecified atom stereocenters. The first-order valence-electron chi connectivity index (χ1n) is 11.9. The summed E-state index contributed by atoms with van der Waals surface area (Å²) in [6.07, 6.45) is 1.80. The molecule has 2 amide bonds. The lowest BCUT2D eigenvalue weighted by molar-refractivity contribution is -0.124. The highest BCUT2D eigenvalue weighted by Crippen LogP contribution is 2.26. The number of amides is 2. The second-order valence-corrected chi connectivity index (χ2v) is 10.2. The lowest BCUT2D eigenvalue weighted by Crippen LogP contribution is -2.49. The number of aromatic amines is 1. The number of H-pyrrole nitrogens is 1. The zero-order valence-corrected chi connectivity index (χ0v) is 21.5. The first kappa shape index (κ1) is 26.8. The molecule has 2 heterocycles. The Bertz CT molecular complexity index is 1240. The molecule has 0 saturated heterocycles. The number of alkyl carbamates (subject to hydrolysis) is 1. The lowest BCUT2D eigenvalue weighted by Gasteiger charge is -2.25. The summed E-state index contributed by atoms with van der Waals surface area (Å²) in [6.45, 7) is 10.6. The van der Waals surface area contributed by atoms with Gasteiger partial charge < -0.3 is 29.9 Å². The Hall–Kier alpha value is -3.82. The van der Waals surface area contributed by atoms with E-state index in [0.29, 0.717) is 6.42 Å². The molecule has 3 aromatic rings. The number of carbonyl (C=O) groups excluding carboxylic acids is 2. The molecular formula is C26H34N4O6. The minimum absolute atomic E-state index is 0.0732. The average molecular weight is 499 g/mol. The fraction of sp³-hybridized carbons (Fsp3) is 0.462. The van der Waals surface area contributed by atoms with Gasteiger partial charge in [0.15, 0.2) is 5.69 Å². The third kappa shape index (κ3) is 6.87. The van der Waals surface area contributed by atoms with Crippen molar-refractivity contribution >= 4 is 28.9 Å². The maximum atomic E-state index is 13.4. The van der Waals surface area contributed by atoms with Gasteiger partial charge in [0.2, 0.25) is 11.8 Å². The molecule has 0 aliphatic heterocycles. The molecule has 4 N–H and O–H groups in total. The van der Waals surface area contributed by atoms with Gasteiger partial charge in [-0.15, -0.1) is 0 Å². The number of rotatable bonds is 9. The molecule has 10 nitrogen and oxygen atoms in total. The molecule has 0 bridgehead atoms. The van der Waals surface area contributed by atoms with Gasteiger partial charge in [0, 0.05) is 23.5 Å². The zero-order chi connectivity index (χ0) is 26.6. The van der Waals surface area contributed by atoms with E-state index in [1.165, 1.54) is 6.92 Å². The third-order valence-electron chi connectivity index (χ3n) is 5.44. The van der Waals surface area contributed by atoms with Crippen LogP contribution in [0.2, 0.25) is 0 Å². The van der Waals surface area contributed by atoms with E-state index in [2.05, 4.69) is 20.6 Å². The third-order valence-corrected chi connectivity index (χ3v) is 5.44. The highest BCUT2D eigenvalue weighted by atomic mass is 16.6. The molecule has 194 valence electrons. The molecule has 2 atom stereocenters. The van der Waals surface area contributed by atoms with Crippen LogP contribution >= 0.6 is 0 Å². The second kappa shape index (κ2) is 10.8. The lowest BCUT2D eigenvalue weighted by atomic mass is 10.0. The number of carbonyl (C=O) groups is 3. The van der Waals surface area contributed by atoms with Crippen LogP contribution in [0.25, 0.3) is 10.9 Å². The van der Waals surface area contributed by atoms with E-state index < -0.39 is 35.7 Å². The van der Waals surface area contributed by atoms with E-state index in [9.17, 15) is 19.5 Å². The highest BCUT2D eigenvalue weighted by Gasteiger charge is 2.30. The van der Waals surface area contributed by atoms with E-state index in [4.69, 9.17) is 9.15 Å². The van der Waals surface area contributed by atoms with E-state index in [1.807, 2.05) is 44.3 Å². The van der Waals surface area contributed by atoms with Crippen molar-refractivity contribution in [3.63, 3.8) is 0 Å². The number of ether oxygens (including phenoxy) is 1. The van der Waals surface area contributed by atoms with Crippen LogP contribution in [0.15, 0.2) is 34.9 Å². The monoisotopic (exact) mass is 498 g/mol. The van der Waals surface area contributed by atoms with Crippen LogP contribution in [0.1, 0.15) is 74.8 Å². The van der Waals surface area contributed by atoms with Crippen molar-refractivity contribution in [3.05, 3.63) is 53.4 Å². The van der Waals surface area contributed by atoms with Gasteiger partial charge in [-0.1, -0.05) is 32.0 Å².